The Bertz CT molecular complexity index is 986. The number of H-pyrrole nitrogens is 1. The molecule has 0 saturated carbocycles. The van der Waals surface area contributed by atoms with Gasteiger partial charge < -0.3 is 9.72 Å². The number of sulfonamides is 1. The van der Waals surface area contributed by atoms with Gasteiger partial charge in [-0.05, 0) is 31.5 Å². The minimum atomic E-state index is -3.69. The van der Waals surface area contributed by atoms with Crippen LogP contribution in [0.4, 0.5) is 5.69 Å². The van der Waals surface area contributed by atoms with Crippen molar-refractivity contribution in [3.8, 4) is 0 Å². The quantitative estimate of drug-likeness (QED) is 0.750. The highest BCUT2D eigenvalue weighted by molar-refractivity contribution is 7.92. The number of benzene rings is 1. The molecule has 1 atom stereocenters. The number of ether oxygens (including phenoxy) is 1. The highest BCUT2D eigenvalue weighted by Gasteiger charge is 2.22. The van der Waals surface area contributed by atoms with Gasteiger partial charge in [0.15, 0.2) is 0 Å². The summed E-state index contributed by atoms with van der Waals surface area (Å²) in [6, 6.07) is 5.28. The average molecular weight is 347 g/mol. The van der Waals surface area contributed by atoms with Crippen LogP contribution in [0.25, 0.3) is 11.0 Å². The third kappa shape index (κ3) is 2.76. The Labute approximate surface area is 138 Å². The van der Waals surface area contributed by atoms with Crippen molar-refractivity contribution in [2.45, 2.75) is 24.3 Å². The molecule has 8 nitrogen and oxygen atoms in total. The van der Waals surface area contributed by atoms with E-state index in [2.05, 4.69) is 19.8 Å². The molecule has 4 rings (SSSR count). The molecule has 1 aliphatic heterocycles. The fraction of sp³-hybridized carbons (Fsp3) is 0.333. The molecule has 1 aliphatic rings. The van der Waals surface area contributed by atoms with Gasteiger partial charge in [-0.3, -0.25) is 9.40 Å². The third-order valence-electron chi connectivity index (χ3n) is 4.02. The normalized spacial score (nSPS) is 18.3. The fourth-order valence-electron chi connectivity index (χ4n) is 2.80. The standard InChI is InChI=1S/C15H17N5O3S/c1-10-17-14-3-2-11(6-15(14)18-10)19-24(21,22)13-7-16-20(8-13)12-4-5-23-9-12/h2-3,6-8,12,19H,4-5,9H2,1H3,(H,17,18). The van der Waals surface area contributed by atoms with Crippen molar-refractivity contribution in [1.29, 1.82) is 0 Å². The van der Waals surface area contributed by atoms with Crippen molar-refractivity contribution < 1.29 is 13.2 Å². The van der Waals surface area contributed by atoms with E-state index in [9.17, 15) is 8.42 Å². The summed E-state index contributed by atoms with van der Waals surface area (Å²) in [6.45, 7) is 3.09. The van der Waals surface area contributed by atoms with Gasteiger partial charge in [-0.1, -0.05) is 0 Å². The zero-order valence-corrected chi connectivity index (χ0v) is 13.9. The second kappa shape index (κ2) is 5.60. The van der Waals surface area contributed by atoms with Crippen LogP contribution in [0.5, 0.6) is 0 Å². The summed E-state index contributed by atoms with van der Waals surface area (Å²) in [7, 11) is -3.69. The monoisotopic (exact) mass is 347 g/mol. The smallest absolute Gasteiger partial charge is 0.265 e. The Morgan fingerprint density at radius 2 is 2.29 bits per heavy atom. The van der Waals surface area contributed by atoms with E-state index in [1.807, 2.05) is 6.92 Å². The summed E-state index contributed by atoms with van der Waals surface area (Å²) in [4.78, 5) is 7.52. The lowest BCUT2D eigenvalue weighted by Gasteiger charge is -2.08. The number of rotatable bonds is 4. The topological polar surface area (TPSA) is 102 Å². The largest absolute Gasteiger partial charge is 0.379 e. The SMILES string of the molecule is Cc1nc2ccc(NS(=O)(=O)c3cnn(C4CCOC4)c3)cc2[nH]1. The van der Waals surface area contributed by atoms with Gasteiger partial charge in [0, 0.05) is 12.8 Å². The number of hydrogen-bond acceptors (Lipinski definition) is 5. The summed E-state index contributed by atoms with van der Waals surface area (Å²) in [5.41, 5.74) is 2.05. The van der Waals surface area contributed by atoms with E-state index in [4.69, 9.17) is 4.74 Å². The molecule has 0 bridgehead atoms. The molecule has 2 N–H and O–H groups in total. The van der Waals surface area contributed by atoms with E-state index >= 15 is 0 Å². The van der Waals surface area contributed by atoms with Crippen LogP contribution in [-0.4, -0.2) is 41.4 Å². The lowest BCUT2D eigenvalue weighted by molar-refractivity contribution is 0.184. The first-order valence-corrected chi connectivity index (χ1v) is 9.11. The van der Waals surface area contributed by atoms with E-state index in [0.717, 1.165) is 23.3 Å². The number of fused-ring (bicyclic) bond motifs is 1. The van der Waals surface area contributed by atoms with Crippen LogP contribution in [0.2, 0.25) is 0 Å². The first-order valence-electron chi connectivity index (χ1n) is 7.62. The van der Waals surface area contributed by atoms with Crippen LogP contribution in [0.3, 0.4) is 0 Å². The molecule has 1 unspecified atom stereocenters. The first kappa shape index (κ1) is 15.2. The van der Waals surface area contributed by atoms with Gasteiger partial charge in [0.05, 0.1) is 35.6 Å². The summed E-state index contributed by atoms with van der Waals surface area (Å²) >= 11 is 0. The summed E-state index contributed by atoms with van der Waals surface area (Å²) in [5, 5.41) is 4.16. The molecule has 3 aromatic rings. The molecule has 126 valence electrons. The molecule has 0 spiro atoms. The molecule has 1 fully saturated rings. The van der Waals surface area contributed by atoms with Crippen LogP contribution in [0.1, 0.15) is 18.3 Å². The summed E-state index contributed by atoms with van der Waals surface area (Å²) in [5.74, 6) is 0.782. The third-order valence-corrected chi connectivity index (χ3v) is 5.36. The molecule has 24 heavy (non-hydrogen) atoms. The van der Waals surface area contributed by atoms with E-state index in [1.54, 1.807) is 29.1 Å². The van der Waals surface area contributed by atoms with Crippen molar-refractivity contribution in [1.82, 2.24) is 19.7 Å². The Kier molecular flexibility index (Phi) is 3.54. The van der Waals surface area contributed by atoms with Crippen molar-refractivity contribution in [2.24, 2.45) is 0 Å². The van der Waals surface area contributed by atoms with Crippen LogP contribution < -0.4 is 4.72 Å². The van der Waals surface area contributed by atoms with Crippen LogP contribution in [-0.2, 0) is 14.8 Å². The lowest BCUT2D eigenvalue weighted by Crippen LogP contribution is -2.13. The first-order chi connectivity index (χ1) is 11.5. The van der Waals surface area contributed by atoms with E-state index in [-0.39, 0.29) is 10.9 Å². The zero-order valence-electron chi connectivity index (χ0n) is 13.1. The van der Waals surface area contributed by atoms with Crippen LogP contribution in [0, 0.1) is 6.92 Å². The maximum Gasteiger partial charge on any atom is 0.265 e. The zero-order chi connectivity index (χ0) is 16.7. The van der Waals surface area contributed by atoms with E-state index in [0.29, 0.717) is 18.9 Å². The minimum Gasteiger partial charge on any atom is -0.379 e. The second-order valence-corrected chi connectivity index (χ2v) is 7.52. The highest BCUT2D eigenvalue weighted by Crippen LogP contribution is 2.23. The number of hydrogen-bond donors (Lipinski definition) is 2. The van der Waals surface area contributed by atoms with E-state index in [1.165, 1.54) is 6.20 Å². The Morgan fingerprint density at radius 1 is 1.42 bits per heavy atom. The number of aryl methyl sites for hydroxylation is 1. The molecular formula is C15H17N5O3S. The second-order valence-electron chi connectivity index (χ2n) is 5.83. The van der Waals surface area contributed by atoms with Crippen LogP contribution in [0.15, 0.2) is 35.5 Å². The molecule has 0 aliphatic carbocycles. The predicted octanol–water partition coefficient (Wildman–Crippen LogP) is 1.83. The van der Waals surface area contributed by atoms with Crippen molar-refractivity contribution >= 4 is 26.7 Å². The maximum absolute atomic E-state index is 12.5. The van der Waals surface area contributed by atoms with Gasteiger partial charge in [-0.2, -0.15) is 5.10 Å². The number of nitrogens with one attached hydrogen (secondary N) is 2. The fourth-order valence-corrected chi connectivity index (χ4v) is 3.79. The van der Waals surface area contributed by atoms with Crippen molar-refractivity contribution in [3.63, 3.8) is 0 Å². The van der Waals surface area contributed by atoms with Crippen molar-refractivity contribution in [3.05, 3.63) is 36.4 Å². The number of anilines is 1. The number of aromatic nitrogens is 4. The Balaban J connectivity index is 1.59. The van der Waals surface area contributed by atoms with Gasteiger partial charge >= 0.3 is 0 Å². The molecular weight excluding hydrogens is 330 g/mol. The van der Waals surface area contributed by atoms with Gasteiger partial charge in [-0.15, -0.1) is 0 Å². The molecule has 9 heteroatoms. The molecule has 1 aromatic carbocycles. The van der Waals surface area contributed by atoms with Crippen molar-refractivity contribution in [2.75, 3.05) is 17.9 Å². The summed E-state index contributed by atoms with van der Waals surface area (Å²) in [6.07, 6.45) is 3.74. The molecule has 3 heterocycles. The highest BCUT2D eigenvalue weighted by atomic mass is 32.2. The summed E-state index contributed by atoms with van der Waals surface area (Å²) < 4.78 is 34.6. The van der Waals surface area contributed by atoms with E-state index < -0.39 is 10.0 Å². The predicted molar refractivity (Wildman–Crippen MR) is 88.3 cm³/mol. The van der Waals surface area contributed by atoms with Gasteiger partial charge in [-0.25, -0.2) is 13.4 Å². The molecule has 0 amide bonds. The van der Waals surface area contributed by atoms with Gasteiger partial charge in [0.2, 0.25) is 0 Å². The Morgan fingerprint density at radius 3 is 3.08 bits per heavy atom. The lowest BCUT2D eigenvalue weighted by atomic mass is 10.3. The van der Waals surface area contributed by atoms with Gasteiger partial charge in [0.1, 0.15) is 10.7 Å². The number of aromatic amines is 1. The molecule has 1 saturated heterocycles. The number of nitrogens with zero attached hydrogens (tertiary/aromatic N) is 3. The minimum absolute atomic E-state index is 0.0956. The Hall–Kier alpha value is -2.39. The number of imidazole rings is 1. The maximum atomic E-state index is 12.5. The molecule has 0 radical (unpaired) electrons. The van der Waals surface area contributed by atoms with Crippen LogP contribution >= 0.6 is 0 Å². The molecule has 2 aromatic heterocycles. The van der Waals surface area contributed by atoms with Gasteiger partial charge in [0.25, 0.3) is 10.0 Å². The average Bonchev–Trinajstić information content (AvgIpc) is 3.26.